The third-order valence-electron chi connectivity index (χ3n) is 5.21. The Morgan fingerprint density at radius 3 is 2.76 bits per heavy atom. The Balaban J connectivity index is 1.56. The van der Waals surface area contributed by atoms with Crippen LogP contribution in [0.4, 0.5) is 19.0 Å². The van der Waals surface area contributed by atoms with Gasteiger partial charge in [0, 0.05) is 30.7 Å². The summed E-state index contributed by atoms with van der Waals surface area (Å²) < 4.78 is 47.4. The molecule has 4 rings (SSSR count). The Morgan fingerprint density at radius 2 is 2.10 bits per heavy atom. The third kappa shape index (κ3) is 4.35. The molecule has 6 nitrogen and oxygen atoms in total. The van der Waals surface area contributed by atoms with E-state index in [0.29, 0.717) is 23.7 Å². The average Bonchev–Trinajstić information content (AvgIpc) is 3.34. The number of amides is 1. The lowest BCUT2D eigenvalue weighted by Crippen LogP contribution is -2.36. The Hall–Kier alpha value is -2.26. The molecule has 0 bridgehead atoms. The van der Waals surface area contributed by atoms with E-state index < -0.39 is 24.2 Å². The minimum Gasteiger partial charge on any atom is -0.376 e. The predicted octanol–water partition coefficient (Wildman–Crippen LogP) is 4.11. The van der Waals surface area contributed by atoms with E-state index in [4.69, 9.17) is 16.3 Å². The molecule has 0 aliphatic carbocycles. The summed E-state index contributed by atoms with van der Waals surface area (Å²) in [5, 5.41) is 10.2. The molecule has 2 aromatic rings. The lowest BCUT2D eigenvalue weighted by molar-refractivity contribution is -0.173. The normalized spacial score (nSPS) is 24.1. The van der Waals surface area contributed by atoms with Crippen LogP contribution in [0.1, 0.15) is 47.4 Å². The Labute approximate surface area is 170 Å². The number of rotatable bonds is 4. The second-order valence-corrected chi connectivity index (χ2v) is 7.68. The number of nitrogens with zero attached hydrogens (tertiary/aromatic N) is 2. The summed E-state index contributed by atoms with van der Waals surface area (Å²) in [6.07, 6.45) is -3.02. The lowest BCUT2D eigenvalue weighted by atomic mass is 9.97. The van der Waals surface area contributed by atoms with Gasteiger partial charge in [-0.15, -0.1) is 0 Å². The van der Waals surface area contributed by atoms with Crippen LogP contribution in [-0.2, 0) is 4.74 Å². The summed E-state index contributed by atoms with van der Waals surface area (Å²) in [5.41, 5.74) is 0.622. The molecule has 2 aliphatic heterocycles. The van der Waals surface area contributed by atoms with Gasteiger partial charge in [0.05, 0.1) is 12.1 Å². The van der Waals surface area contributed by atoms with Gasteiger partial charge in [0.25, 0.3) is 5.91 Å². The summed E-state index contributed by atoms with van der Waals surface area (Å²) in [6, 6.07) is 5.59. The van der Waals surface area contributed by atoms with Crippen molar-refractivity contribution in [2.75, 3.05) is 18.5 Å². The SMILES string of the molecule is O=C(NC[C@@H]1CCCO1)c1cc2n(n1)[C@@H](C(F)(F)F)C[C@H](c1ccc(Cl)cc1)N2. The highest BCUT2D eigenvalue weighted by molar-refractivity contribution is 6.30. The van der Waals surface area contributed by atoms with Gasteiger partial charge in [0.2, 0.25) is 0 Å². The number of hydrogen-bond donors (Lipinski definition) is 2. The molecule has 1 fully saturated rings. The van der Waals surface area contributed by atoms with E-state index in [1.165, 1.54) is 6.07 Å². The molecule has 3 atom stereocenters. The molecule has 156 valence electrons. The highest BCUT2D eigenvalue weighted by Crippen LogP contribution is 2.43. The zero-order valence-corrected chi connectivity index (χ0v) is 16.1. The number of alkyl halides is 3. The van der Waals surface area contributed by atoms with Gasteiger partial charge in [0.15, 0.2) is 11.7 Å². The van der Waals surface area contributed by atoms with Crippen molar-refractivity contribution in [3.8, 4) is 0 Å². The van der Waals surface area contributed by atoms with Crippen LogP contribution in [0.2, 0.25) is 5.02 Å². The number of fused-ring (bicyclic) bond motifs is 1. The van der Waals surface area contributed by atoms with Gasteiger partial charge < -0.3 is 15.4 Å². The molecule has 0 spiro atoms. The largest absolute Gasteiger partial charge is 0.410 e. The highest BCUT2D eigenvalue weighted by atomic mass is 35.5. The first kappa shape index (κ1) is 20.0. The first-order chi connectivity index (χ1) is 13.8. The van der Waals surface area contributed by atoms with Crippen molar-refractivity contribution in [1.29, 1.82) is 0 Å². The van der Waals surface area contributed by atoms with Crippen LogP contribution in [0.3, 0.4) is 0 Å². The van der Waals surface area contributed by atoms with Crippen molar-refractivity contribution >= 4 is 23.3 Å². The molecule has 1 aromatic heterocycles. The molecule has 0 saturated carbocycles. The van der Waals surface area contributed by atoms with Crippen LogP contribution < -0.4 is 10.6 Å². The maximum absolute atomic E-state index is 13.7. The van der Waals surface area contributed by atoms with Crippen LogP contribution in [0.15, 0.2) is 30.3 Å². The van der Waals surface area contributed by atoms with Crippen LogP contribution in [0.5, 0.6) is 0 Å². The van der Waals surface area contributed by atoms with Crippen LogP contribution in [0.25, 0.3) is 0 Å². The maximum atomic E-state index is 13.7. The maximum Gasteiger partial charge on any atom is 0.410 e. The number of nitrogens with one attached hydrogen (secondary N) is 2. The van der Waals surface area contributed by atoms with Gasteiger partial charge in [-0.25, -0.2) is 4.68 Å². The van der Waals surface area contributed by atoms with Crippen molar-refractivity contribution < 1.29 is 22.7 Å². The number of hydrogen-bond acceptors (Lipinski definition) is 4. The minimum absolute atomic E-state index is 0.0588. The molecule has 1 saturated heterocycles. The molecule has 2 aliphatic rings. The molecular weight excluding hydrogens is 409 g/mol. The number of anilines is 1. The van der Waals surface area contributed by atoms with Crippen LogP contribution >= 0.6 is 11.6 Å². The molecular formula is C19H20ClF3N4O2. The molecule has 0 radical (unpaired) electrons. The first-order valence-electron chi connectivity index (χ1n) is 9.39. The van der Waals surface area contributed by atoms with Crippen molar-refractivity contribution in [3.05, 3.63) is 46.6 Å². The van der Waals surface area contributed by atoms with E-state index in [-0.39, 0.29) is 24.0 Å². The van der Waals surface area contributed by atoms with E-state index in [0.717, 1.165) is 17.5 Å². The topological polar surface area (TPSA) is 68.2 Å². The number of carbonyl (C=O) groups excluding carboxylic acids is 1. The molecule has 10 heteroatoms. The first-order valence-corrected chi connectivity index (χ1v) is 9.77. The van der Waals surface area contributed by atoms with Gasteiger partial charge in [-0.1, -0.05) is 23.7 Å². The van der Waals surface area contributed by atoms with Crippen molar-refractivity contribution in [3.63, 3.8) is 0 Å². The van der Waals surface area contributed by atoms with Crippen molar-refractivity contribution in [2.24, 2.45) is 0 Å². The lowest BCUT2D eigenvalue weighted by Gasteiger charge is -2.33. The Morgan fingerprint density at radius 1 is 1.34 bits per heavy atom. The molecule has 2 N–H and O–H groups in total. The zero-order valence-electron chi connectivity index (χ0n) is 15.4. The smallest absolute Gasteiger partial charge is 0.376 e. The van der Waals surface area contributed by atoms with E-state index >= 15 is 0 Å². The second kappa shape index (κ2) is 7.87. The summed E-state index contributed by atoms with van der Waals surface area (Å²) in [6.45, 7) is 0.965. The summed E-state index contributed by atoms with van der Waals surface area (Å²) >= 11 is 5.88. The van der Waals surface area contributed by atoms with Gasteiger partial charge in [-0.2, -0.15) is 18.3 Å². The van der Waals surface area contributed by atoms with Crippen LogP contribution in [-0.4, -0.2) is 41.1 Å². The van der Waals surface area contributed by atoms with E-state index in [1.54, 1.807) is 24.3 Å². The molecule has 0 unspecified atom stereocenters. The quantitative estimate of drug-likeness (QED) is 0.769. The number of aromatic nitrogens is 2. The van der Waals surface area contributed by atoms with E-state index in [9.17, 15) is 18.0 Å². The summed E-state index contributed by atoms with van der Waals surface area (Å²) in [5.74, 6) is -0.367. The number of halogens is 4. The van der Waals surface area contributed by atoms with E-state index in [2.05, 4.69) is 15.7 Å². The van der Waals surface area contributed by atoms with Crippen molar-refractivity contribution in [2.45, 2.75) is 43.6 Å². The minimum atomic E-state index is -4.50. The second-order valence-electron chi connectivity index (χ2n) is 7.25. The fourth-order valence-corrected chi connectivity index (χ4v) is 3.83. The van der Waals surface area contributed by atoms with Gasteiger partial charge in [-0.3, -0.25) is 4.79 Å². The van der Waals surface area contributed by atoms with Gasteiger partial charge in [-0.05, 0) is 30.5 Å². The Kier molecular flexibility index (Phi) is 5.44. The summed E-state index contributed by atoms with van der Waals surface area (Å²) in [7, 11) is 0. The van der Waals surface area contributed by atoms with Gasteiger partial charge in [0.1, 0.15) is 5.82 Å². The van der Waals surface area contributed by atoms with E-state index in [1.807, 2.05) is 0 Å². The standard InChI is InChI=1S/C19H20ClF3N4O2/c20-12-5-3-11(4-6-12)14-8-16(19(21,22)23)27-17(25-14)9-15(26-27)18(28)24-10-13-2-1-7-29-13/h3-6,9,13-14,16,25H,1-2,7-8,10H2,(H,24,28)/t13-,14+,16+/m0/s1. The monoisotopic (exact) mass is 428 g/mol. The third-order valence-corrected chi connectivity index (χ3v) is 5.46. The van der Waals surface area contributed by atoms with Crippen molar-refractivity contribution in [1.82, 2.24) is 15.1 Å². The molecule has 3 heterocycles. The molecule has 1 amide bonds. The zero-order chi connectivity index (χ0) is 20.6. The van der Waals surface area contributed by atoms with Crippen LogP contribution in [0, 0.1) is 0 Å². The average molecular weight is 429 g/mol. The van der Waals surface area contributed by atoms with Gasteiger partial charge >= 0.3 is 6.18 Å². The molecule has 1 aromatic carbocycles. The molecule has 29 heavy (non-hydrogen) atoms. The predicted molar refractivity (Wildman–Crippen MR) is 101 cm³/mol. The highest BCUT2D eigenvalue weighted by Gasteiger charge is 2.46. The fraction of sp³-hybridized carbons (Fsp3) is 0.474. The number of ether oxygens (including phenoxy) is 1. The fourth-order valence-electron chi connectivity index (χ4n) is 3.70. The number of benzene rings is 1. The Bertz CT molecular complexity index is 879. The number of carbonyl (C=O) groups is 1. The summed E-state index contributed by atoms with van der Waals surface area (Å²) in [4.78, 5) is 12.4.